The lowest BCUT2D eigenvalue weighted by molar-refractivity contribution is 0.415. The second-order valence-corrected chi connectivity index (χ2v) is 8.04. The van der Waals surface area contributed by atoms with Crippen LogP contribution in [0.1, 0.15) is 20.8 Å². The Hall–Kier alpha value is -3.45. The summed E-state index contributed by atoms with van der Waals surface area (Å²) < 4.78 is 28.1. The Kier molecular flexibility index (Phi) is 7.89. The normalized spacial score (nSPS) is 14.2. The first-order chi connectivity index (χ1) is 14.3. The summed E-state index contributed by atoms with van der Waals surface area (Å²) in [5.74, 6) is -0.198. The van der Waals surface area contributed by atoms with Gasteiger partial charge in [0.15, 0.2) is 0 Å². The molecule has 0 heterocycles. The van der Waals surface area contributed by atoms with Crippen LogP contribution >= 0.6 is 0 Å². The second kappa shape index (κ2) is 10.4. The van der Waals surface area contributed by atoms with Crippen LogP contribution in [0.15, 0.2) is 123 Å². The molecule has 2 aromatic rings. The maximum Gasteiger partial charge on any atom is 0.261 e. The van der Waals surface area contributed by atoms with Gasteiger partial charge in [-0.2, -0.15) is 10.2 Å². The van der Waals surface area contributed by atoms with Gasteiger partial charge >= 0.3 is 0 Å². The van der Waals surface area contributed by atoms with Crippen LogP contribution < -0.4 is 4.72 Å². The predicted octanol–water partition coefficient (Wildman–Crippen LogP) is 5.94. The van der Waals surface area contributed by atoms with Crippen LogP contribution in [0.25, 0.3) is 0 Å². The second-order valence-electron chi connectivity index (χ2n) is 6.35. The number of allylic oxidation sites excluding steroid dienone is 4. The topological polar surface area (TPSA) is 91.1 Å². The first-order valence-corrected chi connectivity index (χ1v) is 10.7. The predicted molar refractivity (Wildman–Crippen MR) is 120 cm³/mol. The summed E-state index contributed by atoms with van der Waals surface area (Å²) in [5, 5.41) is 19.1. The maximum atomic E-state index is 12.8. The summed E-state index contributed by atoms with van der Waals surface area (Å²) in [7, 11) is -3.85. The van der Waals surface area contributed by atoms with Crippen molar-refractivity contribution >= 4 is 15.7 Å². The van der Waals surface area contributed by atoms with E-state index in [1.54, 1.807) is 57.2 Å². The highest BCUT2D eigenvalue weighted by Gasteiger charge is 2.21. The molecule has 0 fully saturated rings. The molecule has 2 aromatic carbocycles. The van der Waals surface area contributed by atoms with Gasteiger partial charge in [-0.1, -0.05) is 55.1 Å². The molecule has 0 aliphatic heterocycles. The summed E-state index contributed by atoms with van der Waals surface area (Å²) in [4.78, 5) is 0.115. The van der Waals surface area contributed by atoms with E-state index in [-0.39, 0.29) is 27.6 Å². The molecule has 0 unspecified atom stereocenters. The van der Waals surface area contributed by atoms with Gasteiger partial charge < -0.3 is 5.11 Å². The molecule has 2 rings (SSSR count). The molecule has 6 nitrogen and oxygen atoms in total. The van der Waals surface area contributed by atoms with E-state index in [0.29, 0.717) is 11.3 Å². The lowest BCUT2D eigenvalue weighted by Gasteiger charge is -2.17. The number of azo groups is 1. The van der Waals surface area contributed by atoms with Crippen molar-refractivity contribution < 1.29 is 13.5 Å². The largest absolute Gasteiger partial charge is 0.505 e. The zero-order chi connectivity index (χ0) is 22.1. The Morgan fingerprint density at radius 1 is 1.03 bits per heavy atom. The molecular weight excluding hydrogens is 398 g/mol. The van der Waals surface area contributed by atoms with Crippen molar-refractivity contribution in [1.29, 1.82) is 0 Å². The van der Waals surface area contributed by atoms with Gasteiger partial charge in [-0.05, 0) is 50.6 Å². The van der Waals surface area contributed by atoms with Crippen LogP contribution in [0.3, 0.4) is 0 Å². The fraction of sp³-hybridized carbons (Fsp3) is 0.130. The van der Waals surface area contributed by atoms with Crippen molar-refractivity contribution in [3.8, 4) is 0 Å². The highest BCUT2D eigenvalue weighted by molar-refractivity contribution is 7.89. The van der Waals surface area contributed by atoms with Crippen molar-refractivity contribution in [1.82, 2.24) is 4.72 Å². The van der Waals surface area contributed by atoms with Gasteiger partial charge in [0, 0.05) is 5.57 Å². The number of aliphatic hydroxyl groups excluding tert-OH is 1. The molecule has 0 aromatic heterocycles. The lowest BCUT2D eigenvalue weighted by atomic mass is 10.0. The first-order valence-electron chi connectivity index (χ1n) is 9.25. The minimum Gasteiger partial charge on any atom is -0.505 e. The molecule has 0 radical (unpaired) electrons. The summed E-state index contributed by atoms with van der Waals surface area (Å²) in [6.07, 6.45) is 3.11. The summed E-state index contributed by atoms with van der Waals surface area (Å²) in [6.45, 7) is 8.73. The van der Waals surface area contributed by atoms with E-state index >= 15 is 0 Å². The van der Waals surface area contributed by atoms with Gasteiger partial charge in [0.05, 0.1) is 16.3 Å². The standard InChI is InChI=1S/C23H25N3O3S/c1-5-17(3)22(23(27)18(4)24-25-19-13-9-7-10-14-19)21(6-2)26-30(28,29)20-15-11-8-12-16-20/h5-16,26-27H,1H2,2-4H3/b21-6+,22-17+,23-18-,25-24+. The summed E-state index contributed by atoms with van der Waals surface area (Å²) in [5.41, 5.74) is 1.92. The number of nitrogens with one attached hydrogen (secondary N) is 1. The number of hydrogen-bond donors (Lipinski definition) is 2. The number of sulfonamides is 1. The fourth-order valence-electron chi connectivity index (χ4n) is 2.54. The number of benzene rings is 2. The van der Waals surface area contributed by atoms with Crippen LogP contribution in [0.5, 0.6) is 0 Å². The van der Waals surface area contributed by atoms with Gasteiger partial charge in [-0.15, -0.1) is 0 Å². The van der Waals surface area contributed by atoms with Crippen molar-refractivity contribution in [3.05, 3.63) is 108 Å². The van der Waals surface area contributed by atoms with E-state index in [1.807, 2.05) is 18.2 Å². The average molecular weight is 424 g/mol. The Bertz CT molecular complexity index is 1110. The highest BCUT2D eigenvalue weighted by Crippen LogP contribution is 2.26. The maximum absolute atomic E-state index is 12.8. The molecule has 0 aliphatic carbocycles. The summed E-state index contributed by atoms with van der Waals surface area (Å²) >= 11 is 0. The van der Waals surface area contributed by atoms with Gasteiger partial charge in [0.25, 0.3) is 10.0 Å². The molecule has 30 heavy (non-hydrogen) atoms. The zero-order valence-electron chi connectivity index (χ0n) is 17.2. The monoisotopic (exact) mass is 423 g/mol. The Balaban J connectivity index is 2.45. The van der Waals surface area contributed by atoms with E-state index in [2.05, 4.69) is 21.5 Å². The van der Waals surface area contributed by atoms with Crippen molar-refractivity contribution in [3.63, 3.8) is 0 Å². The van der Waals surface area contributed by atoms with Gasteiger partial charge in [-0.3, -0.25) is 4.72 Å². The van der Waals surface area contributed by atoms with E-state index in [9.17, 15) is 13.5 Å². The van der Waals surface area contributed by atoms with E-state index in [4.69, 9.17) is 0 Å². The third kappa shape index (κ3) is 5.78. The van der Waals surface area contributed by atoms with Crippen LogP contribution in [-0.2, 0) is 10.0 Å². The molecule has 156 valence electrons. The molecular formula is C23H25N3O3S. The number of nitrogens with zero attached hydrogens (tertiary/aromatic N) is 2. The van der Waals surface area contributed by atoms with Crippen molar-refractivity contribution in [2.24, 2.45) is 10.2 Å². The SMILES string of the molecule is C=C/C(C)=C(C(/O)=C(C)/N=N/c1ccccc1)\C(=C/C)NS(=O)(=O)c1ccccc1. The Morgan fingerprint density at radius 2 is 1.60 bits per heavy atom. The van der Waals surface area contributed by atoms with Crippen LogP contribution in [0.4, 0.5) is 5.69 Å². The molecule has 0 bridgehead atoms. The average Bonchev–Trinajstić information content (AvgIpc) is 2.77. The smallest absolute Gasteiger partial charge is 0.261 e. The van der Waals surface area contributed by atoms with Crippen molar-refractivity contribution in [2.45, 2.75) is 25.7 Å². The minimum absolute atomic E-state index is 0.115. The molecule has 0 amide bonds. The summed E-state index contributed by atoms with van der Waals surface area (Å²) in [6, 6.07) is 17.1. The van der Waals surface area contributed by atoms with Gasteiger partial charge in [0.2, 0.25) is 0 Å². The van der Waals surface area contributed by atoms with Crippen LogP contribution in [0.2, 0.25) is 0 Å². The molecule has 0 aliphatic rings. The van der Waals surface area contributed by atoms with E-state index in [0.717, 1.165) is 0 Å². The van der Waals surface area contributed by atoms with E-state index in [1.165, 1.54) is 18.2 Å². The third-order valence-electron chi connectivity index (χ3n) is 4.21. The third-order valence-corrected chi connectivity index (χ3v) is 5.59. The Morgan fingerprint density at radius 3 is 2.13 bits per heavy atom. The first kappa shape index (κ1) is 22.8. The Labute approximate surface area is 177 Å². The quantitative estimate of drug-likeness (QED) is 0.312. The molecule has 0 saturated heterocycles. The number of aliphatic hydroxyl groups is 1. The molecule has 0 spiro atoms. The zero-order valence-corrected chi connectivity index (χ0v) is 18.0. The van der Waals surface area contributed by atoms with Gasteiger partial charge in [-0.25, -0.2) is 8.42 Å². The number of rotatable bonds is 8. The lowest BCUT2D eigenvalue weighted by Crippen LogP contribution is -2.25. The van der Waals surface area contributed by atoms with Crippen LogP contribution in [-0.4, -0.2) is 13.5 Å². The van der Waals surface area contributed by atoms with Gasteiger partial charge in [0.1, 0.15) is 11.5 Å². The molecule has 7 heteroatoms. The molecule has 2 N–H and O–H groups in total. The van der Waals surface area contributed by atoms with Crippen LogP contribution in [0, 0.1) is 0 Å². The number of hydrogen-bond acceptors (Lipinski definition) is 5. The highest BCUT2D eigenvalue weighted by atomic mass is 32.2. The van der Waals surface area contributed by atoms with E-state index < -0.39 is 10.0 Å². The minimum atomic E-state index is -3.85. The van der Waals surface area contributed by atoms with Crippen molar-refractivity contribution in [2.75, 3.05) is 0 Å². The molecule has 0 saturated carbocycles. The molecule has 0 atom stereocenters. The fourth-order valence-corrected chi connectivity index (χ4v) is 3.68.